The largest absolute Gasteiger partial charge is 0.380 e. The van der Waals surface area contributed by atoms with E-state index in [4.69, 9.17) is 16.9 Å². The van der Waals surface area contributed by atoms with Gasteiger partial charge in [-0.3, -0.25) is 5.41 Å². The van der Waals surface area contributed by atoms with Crippen molar-refractivity contribution < 1.29 is 8.42 Å². The van der Waals surface area contributed by atoms with E-state index in [2.05, 4.69) is 24.4 Å². The molecule has 0 amide bonds. The van der Waals surface area contributed by atoms with Crippen molar-refractivity contribution in [3.8, 4) is 0 Å². The van der Waals surface area contributed by atoms with Gasteiger partial charge in [0.1, 0.15) is 0 Å². The number of nitrogens with two attached hydrogens (primary N) is 2. The molecule has 1 atom stereocenters. The third-order valence-corrected chi connectivity index (χ3v) is 5.37. The number of thiazole rings is 1. The molecule has 0 radical (unpaired) electrons. The van der Waals surface area contributed by atoms with Gasteiger partial charge in [-0.1, -0.05) is 6.92 Å². The number of anilines is 1. The van der Waals surface area contributed by atoms with Crippen LogP contribution in [0.5, 0.6) is 0 Å². The van der Waals surface area contributed by atoms with Crippen molar-refractivity contribution in [1.29, 1.82) is 5.41 Å². The van der Waals surface area contributed by atoms with Gasteiger partial charge >= 0.3 is 10.2 Å². The molecule has 1 aromatic rings. The summed E-state index contributed by atoms with van der Waals surface area (Å²) < 4.78 is 29.0. The molecule has 1 aromatic heterocycles. The van der Waals surface area contributed by atoms with Gasteiger partial charge in [-0.15, -0.1) is 20.1 Å². The highest BCUT2D eigenvalue weighted by molar-refractivity contribution is 7.99. The lowest BCUT2D eigenvalue weighted by molar-refractivity contribution is 0.600. The highest BCUT2D eigenvalue weighted by Gasteiger charge is 2.21. The fourth-order valence-electron chi connectivity index (χ4n) is 1.55. The maximum absolute atomic E-state index is 11.1. The minimum Gasteiger partial charge on any atom is -0.380 e. The summed E-state index contributed by atoms with van der Waals surface area (Å²) in [6.07, 6.45) is 0. The van der Waals surface area contributed by atoms with Gasteiger partial charge in [0, 0.05) is 22.9 Å². The summed E-state index contributed by atoms with van der Waals surface area (Å²) in [4.78, 5) is 4.29. The van der Waals surface area contributed by atoms with Crippen molar-refractivity contribution in [2.24, 2.45) is 20.3 Å². The van der Waals surface area contributed by atoms with Crippen LogP contribution in [-0.2, 0) is 16.0 Å². The van der Waals surface area contributed by atoms with Crippen molar-refractivity contribution in [2.75, 3.05) is 11.9 Å². The average Bonchev–Trinajstić information content (AvgIpc) is 2.97. The summed E-state index contributed by atoms with van der Waals surface area (Å²) in [5.74, 6) is 0.483. The molecule has 2 heterocycles. The Morgan fingerprint density at radius 1 is 1.52 bits per heavy atom. The van der Waals surface area contributed by atoms with Crippen molar-refractivity contribution in [3.63, 3.8) is 0 Å². The molecule has 0 fully saturated rings. The lowest BCUT2D eigenvalue weighted by Crippen LogP contribution is -2.37. The first kappa shape index (κ1) is 17.5. The van der Waals surface area contributed by atoms with Crippen molar-refractivity contribution >= 4 is 56.1 Å². The highest BCUT2D eigenvalue weighted by atomic mass is 32.2. The minimum absolute atomic E-state index is 0.0825. The molecule has 10 nitrogen and oxygen atoms in total. The molecular formula is C10H16N8O2S3. The van der Waals surface area contributed by atoms with Crippen LogP contribution in [0.25, 0.3) is 0 Å². The monoisotopic (exact) mass is 376 g/mol. The van der Waals surface area contributed by atoms with E-state index in [1.807, 2.05) is 12.3 Å². The van der Waals surface area contributed by atoms with E-state index in [0.29, 0.717) is 17.4 Å². The Kier molecular flexibility index (Phi) is 5.43. The number of thioether (sulfide) groups is 1. The van der Waals surface area contributed by atoms with Gasteiger partial charge in [0.05, 0.1) is 5.69 Å². The fraction of sp³-hybridized carbons (Fsp3) is 0.400. The molecular weight excluding hydrogens is 360 g/mol. The van der Waals surface area contributed by atoms with Crippen LogP contribution in [0.2, 0.25) is 0 Å². The third kappa shape index (κ3) is 5.37. The molecule has 0 saturated carbocycles. The summed E-state index contributed by atoms with van der Waals surface area (Å²) in [7, 11) is -3.82. The second-order valence-corrected chi connectivity index (χ2v) is 8.10. The van der Waals surface area contributed by atoms with Gasteiger partial charge in [0.2, 0.25) is 0 Å². The van der Waals surface area contributed by atoms with Gasteiger partial charge < -0.3 is 22.1 Å². The van der Waals surface area contributed by atoms with Crippen LogP contribution in [0.15, 0.2) is 14.2 Å². The van der Waals surface area contributed by atoms with Crippen LogP contribution in [0.1, 0.15) is 12.6 Å². The van der Waals surface area contributed by atoms with Crippen LogP contribution in [0, 0.1) is 5.41 Å². The second-order valence-electron chi connectivity index (χ2n) is 4.55. The Morgan fingerprint density at radius 3 is 2.87 bits per heavy atom. The van der Waals surface area contributed by atoms with E-state index in [9.17, 15) is 8.42 Å². The number of guanidine groups is 1. The first-order valence-electron chi connectivity index (χ1n) is 6.37. The van der Waals surface area contributed by atoms with E-state index < -0.39 is 10.2 Å². The van der Waals surface area contributed by atoms with E-state index >= 15 is 0 Å². The number of nitrogens with one attached hydrogen (secondary N) is 3. The molecule has 0 bridgehead atoms. The van der Waals surface area contributed by atoms with Gasteiger partial charge in [0.15, 0.2) is 22.8 Å². The number of amidine groups is 2. The maximum Gasteiger partial charge on any atom is 0.367 e. The zero-order chi connectivity index (χ0) is 17.0. The Hall–Kier alpha value is -1.86. The molecule has 0 spiro atoms. The van der Waals surface area contributed by atoms with Gasteiger partial charge in [-0.05, 0) is 0 Å². The summed E-state index contributed by atoms with van der Waals surface area (Å²) in [5.41, 5.74) is 11.6. The lowest BCUT2D eigenvalue weighted by Gasteiger charge is -2.12. The van der Waals surface area contributed by atoms with Gasteiger partial charge in [-0.2, -0.15) is 20.2 Å². The summed E-state index contributed by atoms with van der Waals surface area (Å²) in [5, 5.41) is 15.3. The zero-order valence-corrected chi connectivity index (χ0v) is 14.6. The summed E-state index contributed by atoms with van der Waals surface area (Å²) in [6, 6.07) is 0. The molecule has 2 rings (SSSR count). The van der Waals surface area contributed by atoms with Crippen LogP contribution in [-0.4, -0.2) is 42.8 Å². The van der Waals surface area contributed by atoms with Crippen molar-refractivity contribution in [1.82, 2.24) is 10.3 Å². The van der Waals surface area contributed by atoms with E-state index in [1.165, 1.54) is 11.3 Å². The Morgan fingerprint density at radius 2 is 2.26 bits per heavy atom. The van der Waals surface area contributed by atoms with E-state index in [0.717, 1.165) is 5.69 Å². The molecule has 0 aliphatic carbocycles. The average molecular weight is 376 g/mol. The summed E-state index contributed by atoms with van der Waals surface area (Å²) >= 11 is 3.00. The van der Waals surface area contributed by atoms with Gasteiger partial charge in [-0.25, -0.2) is 4.98 Å². The van der Waals surface area contributed by atoms with Crippen molar-refractivity contribution in [2.45, 2.75) is 17.9 Å². The summed E-state index contributed by atoms with van der Waals surface area (Å²) in [6.45, 7) is 2.47. The molecule has 0 saturated heterocycles. The lowest BCUT2D eigenvalue weighted by atomic mass is 10.4. The molecule has 126 valence electrons. The number of nitrogens with zero attached hydrogens (tertiary/aromatic N) is 3. The molecule has 23 heavy (non-hydrogen) atoms. The first-order chi connectivity index (χ1) is 10.7. The van der Waals surface area contributed by atoms with E-state index in [1.54, 1.807) is 11.8 Å². The first-order valence-corrected chi connectivity index (χ1v) is 9.69. The SMILES string of the molecule is CC(CNC1=NS(=O)(=O)N=C1N)SCc1csc(NC(=N)N)n1. The Labute approximate surface area is 141 Å². The zero-order valence-electron chi connectivity index (χ0n) is 12.1. The number of rotatable bonds is 6. The minimum atomic E-state index is -3.82. The maximum atomic E-state index is 11.1. The fourth-order valence-corrected chi connectivity index (χ4v) is 3.94. The molecule has 13 heteroatoms. The van der Waals surface area contributed by atoms with Gasteiger partial charge in [0.25, 0.3) is 0 Å². The quantitative estimate of drug-likeness (QED) is 0.332. The smallest absolute Gasteiger partial charge is 0.367 e. The number of hydrogen-bond acceptors (Lipinski definition) is 8. The highest BCUT2D eigenvalue weighted by Crippen LogP contribution is 2.21. The number of hydrogen-bond donors (Lipinski definition) is 5. The predicted octanol–water partition coefficient (Wildman–Crippen LogP) is -0.326. The molecule has 1 aliphatic heterocycles. The Bertz CT molecular complexity index is 754. The number of aromatic nitrogens is 1. The molecule has 1 aliphatic rings. The van der Waals surface area contributed by atoms with Crippen molar-refractivity contribution in [3.05, 3.63) is 11.1 Å². The van der Waals surface area contributed by atoms with E-state index in [-0.39, 0.29) is 22.9 Å². The topological polar surface area (TPSA) is 172 Å². The predicted molar refractivity (Wildman–Crippen MR) is 94.4 cm³/mol. The third-order valence-electron chi connectivity index (χ3n) is 2.53. The molecule has 7 N–H and O–H groups in total. The van der Waals surface area contributed by atoms with Crippen LogP contribution in [0.4, 0.5) is 5.13 Å². The Balaban J connectivity index is 1.78. The molecule has 1 unspecified atom stereocenters. The normalized spacial score (nSPS) is 17.3. The standard InChI is InChI=1S/C10H16N8O2S3/c1-5(2-14-8-7(11)17-23(19,20)18-8)21-3-6-4-22-10(15-6)16-9(12)13/h4-5H,2-3H2,1H3,(H2,11,17)(H,14,18)(H4,12,13,15,16). The molecule has 0 aromatic carbocycles. The van der Waals surface area contributed by atoms with Crippen LogP contribution < -0.4 is 22.1 Å². The van der Waals surface area contributed by atoms with Crippen LogP contribution in [0.3, 0.4) is 0 Å². The second kappa shape index (κ2) is 7.14. The van der Waals surface area contributed by atoms with Crippen LogP contribution >= 0.6 is 23.1 Å².